The van der Waals surface area contributed by atoms with Crippen molar-refractivity contribution in [2.75, 3.05) is 14.2 Å². The molecule has 0 N–H and O–H groups in total. The van der Waals surface area contributed by atoms with Crippen LogP contribution in [0.15, 0.2) is 11.1 Å². The van der Waals surface area contributed by atoms with Crippen LogP contribution >= 0.6 is 0 Å². The largest absolute Gasteiger partial charge is 0.353 e. The highest BCUT2D eigenvalue weighted by Crippen LogP contribution is 2.60. The number of hydrogen-bond acceptors (Lipinski definition) is 3. The lowest BCUT2D eigenvalue weighted by molar-refractivity contribution is -0.213. The van der Waals surface area contributed by atoms with Gasteiger partial charge in [-0.3, -0.25) is 4.79 Å². The lowest BCUT2D eigenvalue weighted by atomic mass is 9.54. The van der Waals surface area contributed by atoms with Crippen molar-refractivity contribution in [2.24, 2.45) is 23.1 Å². The second-order valence-corrected chi connectivity index (χ2v) is 8.03. The average molecular weight is 322 g/mol. The van der Waals surface area contributed by atoms with E-state index in [9.17, 15) is 6.17 Å². The van der Waals surface area contributed by atoms with Gasteiger partial charge in [0.15, 0.2) is 5.79 Å². The predicted molar refractivity (Wildman–Crippen MR) is 88.9 cm³/mol. The molecule has 0 saturated heterocycles. The van der Waals surface area contributed by atoms with Crippen molar-refractivity contribution in [3.05, 3.63) is 11.1 Å². The van der Waals surface area contributed by atoms with Crippen LogP contribution in [0.1, 0.15) is 67.4 Å². The standard InChI is InChI=1S/C20H30O3/c1-19-10-8-15-14-9-11-20(22-2,23-3)12-13(14)4-5-16(15)17(19)6-7-18(19)21/h15-17H,4-12H2,1-3H3/t15-,16-,17+,19+/m1/s1/i6T,17T/t6-,15+,16+,17-,19-/m0. The molecule has 4 aliphatic rings. The zero-order valence-electron chi connectivity index (χ0n) is 16.6. The highest BCUT2D eigenvalue weighted by Gasteiger charge is 2.55. The molecular weight excluding hydrogens is 288 g/mol. The van der Waals surface area contributed by atoms with Gasteiger partial charge in [0.1, 0.15) is 5.78 Å². The lowest BCUT2D eigenvalue weighted by Gasteiger charge is -2.51. The summed E-state index contributed by atoms with van der Waals surface area (Å²) < 4.78 is 29.2. The molecule has 0 aromatic carbocycles. The van der Waals surface area contributed by atoms with E-state index in [2.05, 4.69) is 0 Å². The first kappa shape index (κ1) is 13.6. The molecule has 0 heterocycles. The molecule has 0 amide bonds. The summed E-state index contributed by atoms with van der Waals surface area (Å²) in [5, 5.41) is 0. The van der Waals surface area contributed by atoms with Crippen LogP contribution in [0, 0.1) is 23.1 Å². The molecule has 2 saturated carbocycles. The second kappa shape index (κ2) is 5.42. The molecule has 4 rings (SSSR count). The van der Waals surface area contributed by atoms with Crippen molar-refractivity contribution >= 4 is 5.78 Å². The van der Waals surface area contributed by atoms with Gasteiger partial charge in [-0.25, -0.2) is 0 Å². The van der Waals surface area contributed by atoms with E-state index in [0.29, 0.717) is 5.92 Å². The Balaban J connectivity index is 1.69. The fourth-order valence-electron chi connectivity index (χ4n) is 5.78. The van der Waals surface area contributed by atoms with E-state index in [1.807, 2.05) is 6.92 Å². The van der Waals surface area contributed by atoms with E-state index in [1.54, 1.807) is 14.2 Å². The fourth-order valence-corrected chi connectivity index (χ4v) is 5.78. The number of carbonyl (C=O) groups is 1. The van der Waals surface area contributed by atoms with Crippen LogP contribution in [0.2, 0.25) is 0 Å². The Morgan fingerprint density at radius 2 is 1.96 bits per heavy atom. The first-order valence-corrected chi connectivity index (χ1v) is 9.08. The van der Waals surface area contributed by atoms with Gasteiger partial charge >= 0.3 is 0 Å². The highest BCUT2D eigenvalue weighted by atomic mass is 16.7. The van der Waals surface area contributed by atoms with Gasteiger partial charge in [0.2, 0.25) is 0 Å². The van der Waals surface area contributed by atoms with E-state index in [-0.39, 0.29) is 18.1 Å². The third-order valence-corrected chi connectivity index (χ3v) is 7.26. The van der Waals surface area contributed by atoms with E-state index >= 15 is 0 Å². The van der Waals surface area contributed by atoms with E-state index < -0.39 is 23.5 Å². The van der Waals surface area contributed by atoms with Gasteiger partial charge in [0.25, 0.3) is 0 Å². The summed E-state index contributed by atoms with van der Waals surface area (Å²) in [7, 11) is 3.45. The Kier molecular flexibility index (Phi) is 3.21. The molecule has 128 valence electrons. The van der Waals surface area contributed by atoms with Crippen LogP contribution in [-0.4, -0.2) is 25.8 Å². The Morgan fingerprint density at radius 3 is 2.70 bits per heavy atom. The van der Waals surface area contributed by atoms with Gasteiger partial charge < -0.3 is 9.47 Å². The van der Waals surface area contributed by atoms with Crippen LogP contribution in [0.4, 0.5) is 0 Å². The number of ketones is 1. The van der Waals surface area contributed by atoms with Gasteiger partial charge in [-0.15, -0.1) is 0 Å². The number of ether oxygens (including phenoxy) is 2. The average Bonchev–Trinajstić information content (AvgIpc) is 2.80. The Morgan fingerprint density at radius 1 is 1.17 bits per heavy atom. The third-order valence-electron chi connectivity index (χ3n) is 7.26. The fraction of sp³-hybridized carbons (Fsp3) is 0.850. The lowest BCUT2D eigenvalue weighted by Crippen LogP contribution is -2.46. The summed E-state index contributed by atoms with van der Waals surface area (Å²) in [6, 6.07) is 0. The van der Waals surface area contributed by atoms with Gasteiger partial charge in [-0.1, -0.05) is 18.1 Å². The Hall–Kier alpha value is -0.670. The molecule has 0 unspecified atom stereocenters. The zero-order chi connectivity index (χ0) is 18.0. The number of Topliss-reactive ketones (excluding diaryl/α,β-unsaturated/α-hetero) is 1. The molecule has 4 aliphatic carbocycles. The SMILES string of the molecule is [3H][C@H]1CC(=O)[C@@]2(C)CC[C@@H]3C4=C(CC[C@H]3[C@]12[3H])CC(OC)(OC)CC4. The Bertz CT molecular complexity index is 626. The number of fused-ring (bicyclic) bond motifs is 4. The molecular formula is C20H30O3. The van der Waals surface area contributed by atoms with Crippen molar-refractivity contribution in [3.8, 4) is 0 Å². The molecule has 23 heavy (non-hydrogen) atoms. The quantitative estimate of drug-likeness (QED) is 0.563. The van der Waals surface area contributed by atoms with Crippen LogP contribution in [0.25, 0.3) is 0 Å². The molecule has 0 radical (unpaired) electrons. The summed E-state index contributed by atoms with van der Waals surface area (Å²) in [4.78, 5) is 12.6. The van der Waals surface area contributed by atoms with Gasteiger partial charge in [0, 0.05) is 41.6 Å². The van der Waals surface area contributed by atoms with Crippen molar-refractivity contribution in [2.45, 2.75) is 70.5 Å². The maximum atomic E-state index is 12.6. The van der Waals surface area contributed by atoms with Crippen molar-refractivity contribution in [1.82, 2.24) is 0 Å². The summed E-state index contributed by atoms with van der Waals surface area (Å²) in [6.07, 6.45) is 5.98. The van der Waals surface area contributed by atoms with Gasteiger partial charge in [0.05, 0.1) is 0 Å². The maximum Gasteiger partial charge on any atom is 0.171 e. The summed E-state index contributed by atoms with van der Waals surface area (Å²) in [6.45, 7) is 1.97. The Labute approximate surface area is 142 Å². The topological polar surface area (TPSA) is 35.5 Å². The van der Waals surface area contributed by atoms with Gasteiger partial charge in [-0.2, -0.15) is 0 Å². The summed E-state index contributed by atoms with van der Waals surface area (Å²) in [5.74, 6) is -0.726. The summed E-state index contributed by atoms with van der Waals surface area (Å²) in [5.41, 5.74) is 2.34. The van der Waals surface area contributed by atoms with Crippen molar-refractivity contribution in [3.63, 3.8) is 0 Å². The number of methoxy groups -OCH3 is 2. The first-order chi connectivity index (χ1) is 11.8. The molecule has 2 fully saturated rings. The summed E-state index contributed by atoms with van der Waals surface area (Å²) >= 11 is 0. The van der Waals surface area contributed by atoms with Crippen LogP contribution < -0.4 is 0 Å². The normalized spacial score (nSPS) is 49.9. The highest BCUT2D eigenvalue weighted by molar-refractivity contribution is 5.87. The number of rotatable bonds is 2. The van der Waals surface area contributed by atoms with E-state index in [0.717, 1.165) is 44.9 Å². The van der Waals surface area contributed by atoms with E-state index in [1.165, 1.54) is 11.1 Å². The van der Waals surface area contributed by atoms with E-state index in [4.69, 9.17) is 10.8 Å². The molecule has 3 heteroatoms. The molecule has 3 nitrogen and oxygen atoms in total. The number of allylic oxidation sites excluding steroid dienone is 1. The number of carbonyl (C=O) groups excluding carboxylic acids is 1. The van der Waals surface area contributed by atoms with Crippen LogP contribution in [0.3, 0.4) is 0 Å². The smallest absolute Gasteiger partial charge is 0.171 e. The van der Waals surface area contributed by atoms with Gasteiger partial charge in [-0.05, 0) is 56.2 Å². The minimum atomic E-state index is -0.914. The molecule has 5 atom stereocenters. The second-order valence-electron chi connectivity index (χ2n) is 8.03. The minimum Gasteiger partial charge on any atom is -0.353 e. The maximum absolute atomic E-state index is 12.6. The molecule has 0 spiro atoms. The van der Waals surface area contributed by atoms with Crippen LogP contribution in [0.5, 0.6) is 0 Å². The molecule has 0 aromatic heterocycles. The predicted octanol–water partition coefficient (Wildman–Crippen LogP) is 4.26. The third kappa shape index (κ3) is 2.19. The number of hydrogen-bond donors (Lipinski definition) is 0. The minimum absolute atomic E-state index is 0.150. The monoisotopic (exact) mass is 322 g/mol. The van der Waals surface area contributed by atoms with Crippen LogP contribution in [-0.2, 0) is 14.3 Å². The van der Waals surface area contributed by atoms with Crippen molar-refractivity contribution in [1.29, 1.82) is 0 Å². The molecule has 0 aromatic rings. The molecule has 0 aliphatic heterocycles. The molecule has 0 bridgehead atoms. The zero-order valence-corrected chi connectivity index (χ0v) is 14.6. The first-order valence-electron chi connectivity index (χ1n) is 10.2. The van der Waals surface area contributed by atoms with Crippen molar-refractivity contribution < 1.29 is 17.0 Å².